The van der Waals surface area contributed by atoms with Crippen LogP contribution in [0.15, 0.2) is 29.2 Å². The van der Waals surface area contributed by atoms with Crippen molar-refractivity contribution in [2.75, 3.05) is 51.0 Å². The summed E-state index contributed by atoms with van der Waals surface area (Å²) >= 11 is 1.70. The van der Waals surface area contributed by atoms with Gasteiger partial charge in [0, 0.05) is 56.4 Å². The van der Waals surface area contributed by atoms with Crippen molar-refractivity contribution >= 4 is 29.6 Å². The highest BCUT2D eigenvalue weighted by Gasteiger charge is 2.30. The van der Waals surface area contributed by atoms with Crippen molar-refractivity contribution in [3.05, 3.63) is 35.5 Å². The van der Waals surface area contributed by atoms with Crippen LogP contribution in [-0.4, -0.2) is 78.0 Å². The molecule has 3 N–H and O–H groups in total. The van der Waals surface area contributed by atoms with Gasteiger partial charge in [0.15, 0.2) is 0 Å². The molecule has 2 aromatic rings. The molecular formula is C27H41N7O2S. The van der Waals surface area contributed by atoms with E-state index in [1.807, 2.05) is 26.0 Å². The Bertz CT molecular complexity index is 1020. The zero-order valence-electron chi connectivity index (χ0n) is 22.6. The third kappa shape index (κ3) is 7.06. The highest BCUT2D eigenvalue weighted by Crippen LogP contribution is 2.29. The number of fused-ring (bicyclic) bond motifs is 1. The van der Waals surface area contributed by atoms with Crippen LogP contribution in [0.3, 0.4) is 0 Å². The maximum atomic E-state index is 12.9. The summed E-state index contributed by atoms with van der Waals surface area (Å²) in [5.74, 6) is 2.50. The number of rotatable bonds is 10. The molecule has 0 radical (unpaired) electrons. The van der Waals surface area contributed by atoms with Crippen molar-refractivity contribution in [1.82, 2.24) is 19.2 Å². The van der Waals surface area contributed by atoms with Crippen molar-refractivity contribution < 1.29 is 9.53 Å². The summed E-state index contributed by atoms with van der Waals surface area (Å²) in [6.45, 7) is 4.96. The minimum atomic E-state index is -0.432. The molecule has 1 atom stereocenters. The average molecular weight is 528 g/mol. The summed E-state index contributed by atoms with van der Waals surface area (Å²) in [5.41, 5.74) is 8.20. The van der Waals surface area contributed by atoms with Crippen molar-refractivity contribution in [3.8, 4) is 5.75 Å². The standard InChI is InChI=1S/C27H41N7O2S/c1-5-6-7-23(28)26(35)34-17-14-24-22(18-34)25(29-2)31-27(30-24)33-15-12-20(13-16-33)36-19-8-10-21(11-9-19)37-32(3)4/h8-11,20,23H,5-7,12-18,28H2,1-4H3,(H,29,30,31). The van der Waals surface area contributed by atoms with Crippen LogP contribution >= 0.6 is 11.9 Å². The smallest absolute Gasteiger partial charge is 0.239 e. The summed E-state index contributed by atoms with van der Waals surface area (Å²) < 4.78 is 8.34. The first kappa shape index (κ1) is 27.5. The number of piperidine rings is 1. The van der Waals surface area contributed by atoms with Gasteiger partial charge in [0.1, 0.15) is 17.7 Å². The van der Waals surface area contributed by atoms with Crippen LogP contribution < -0.4 is 20.7 Å². The van der Waals surface area contributed by atoms with E-state index in [0.717, 1.165) is 74.0 Å². The Morgan fingerprint density at radius 2 is 1.95 bits per heavy atom. The lowest BCUT2D eigenvalue weighted by Crippen LogP contribution is -2.46. The van der Waals surface area contributed by atoms with Crippen molar-refractivity contribution in [1.29, 1.82) is 0 Å². The van der Waals surface area contributed by atoms with Gasteiger partial charge < -0.3 is 25.6 Å². The lowest BCUT2D eigenvalue weighted by Gasteiger charge is -2.34. The first-order chi connectivity index (χ1) is 17.9. The van der Waals surface area contributed by atoms with Gasteiger partial charge in [-0.05, 0) is 56.7 Å². The monoisotopic (exact) mass is 527 g/mol. The molecule has 202 valence electrons. The van der Waals surface area contributed by atoms with E-state index in [0.29, 0.717) is 19.5 Å². The van der Waals surface area contributed by atoms with Gasteiger partial charge in [-0.2, -0.15) is 4.98 Å². The molecule has 1 unspecified atom stereocenters. The number of benzene rings is 1. The van der Waals surface area contributed by atoms with Crippen LogP contribution in [0.1, 0.15) is 50.3 Å². The van der Waals surface area contributed by atoms with E-state index >= 15 is 0 Å². The Kier molecular flexibility index (Phi) is 9.50. The predicted octanol–water partition coefficient (Wildman–Crippen LogP) is 3.54. The molecule has 10 heteroatoms. The van der Waals surface area contributed by atoms with Gasteiger partial charge in [0.25, 0.3) is 0 Å². The van der Waals surface area contributed by atoms with E-state index in [2.05, 4.69) is 45.7 Å². The summed E-state index contributed by atoms with van der Waals surface area (Å²) in [6.07, 6.45) is 5.47. The van der Waals surface area contributed by atoms with Crippen molar-refractivity contribution in [2.24, 2.45) is 5.73 Å². The number of hydrogen-bond acceptors (Lipinski definition) is 9. The van der Waals surface area contributed by atoms with Crippen LogP contribution in [0.4, 0.5) is 11.8 Å². The van der Waals surface area contributed by atoms with Gasteiger partial charge in [-0.25, -0.2) is 4.98 Å². The second kappa shape index (κ2) is 12.8. The van der Waals surface area contributed by atoms with Crippen LogP contribution in [0.25, 0.3) is 0 Å². The average Bonchev–Trinajstić information content (AvgIpc) is 2.91. The van der Waals surface area contributed by atoms with E-state index in [-0.39, 0.29) is 12.0 Å². The molecule has 4 rings (SSSR count). The lowest BCUT2D eigenvalue weighted by atomic mass is 10.0. The number of carbonyl (C=O) groups is 1. The number of unbranched alkanes of at least 4 members (excludes halogenated alkanes) is 1. The maximum absolute atomic E-state index is 12.9. The zero-order valence-corrected chi connectivity index (χ0v) is 23.4. The number of nitrogens with zero attached hydrogens (tertiary/aromatic N) is 5. The molecule has 9 nitrogen and oxygen atoms in total. The summed E-state index contributed by atoms with van der Waals surface area (Å²) in [4.78, 5) is 28.0. The Hall–Kier alpha value is -2.56. The van der Waals surface area contributed by atoms with Gasteiger partial charge in [-0.15, -0.1) is 0 Å². The zero-order chi connectivity index (χ0) is 26.4. The Labute approximate surface area is 225 Å². The number of nitrogens with one attached hydrogen (secondary N) is 1. The molecule has 3 heterocycles. The highest BCUT2D eigenvalue weighted by atomic mass is 32.2. The first-order valence-electron chi connectivity index (χ1n) is 13.4. The van der Waals surface area contributed by atoms with Crippen LogP contribution in [0.5, 0.6) is 5.75 Å². The first-order valence-corrected chi connectivity index (χ1v) is 14.1. The topological polar surface area (TPSA) is 99.9 Å². The molecule has 0 bridgehead atoms. The van der Waals surface area contributed by atoms with Crippen LogP contribution in [-0.2, 0) is 17.8 Å². The van der Waals surface area contributed by atoms with Gasteiger partial charge in [0.05, 0.1) is 18.3 Å². The fourth-order valence-electron chi connectivity index (χ4n) is 4.88. The number of carbonyl (C=O) groups excluding carboxylic acids is 1. The fourth-order valence-corrected chi connectivity index (χ4v) is 5.55. The van der Waals surface area contributed by atoms with E-state index in [1.54, 1.807) is 11.9 Å². The third-order valence-electron chi connectivity index (χ3n) is 6.92. The van der Waals surface area contributed by atoms with Crippen LogP contribution in [0, 0.1) is 0 Å². The Balaban J connectivity index is 1.35. The number of amides is 1. The molecule has 1 fully saturated rings. The van der Waals surface area contributed by atoms with Gasteiger partial charge in [-0.3, -0.25) is 9.10 Å². The number of ether oxygens (including phenoxy) is 1. The van der Waals surface area contributed by atoms with E-state index < -0.39 is 6.04 Å². The molecule has 1 aromatic carbocycles. The lowest BCUT2D eigenvalue weighted by molar-refractivity contribution is -0.133. The number of anilines is 2. The molecular weight excluding hydrogens is 486 g/mol. The molecule has 0 saturated carbocycles. The van der Waals surface area contributed by atoms with Crippen molar-refractivity contribution in [3.63, 3.8) is 0 Å². The number of hydrogen-bond donors (Lipinski definition) is 2. The van der Waals surface area contributed by atoms with E-state index in [9.17, 15) is 4.79 Å². The summed E-state index contributed by atoms with van der Waals surface area (Å²) in [5, 5.41) is 3.24. The number of aromatic nitrogens is 2. The fraction of sp³-hybridized carbons (Fsp3) is 0.593. The molecule has 37 heavy (non-hydrogen) atoms. The molecule has 1 aromatic heterocycles. The largest absolute Gasteiger partial charge is 0.490 e. The second-order valence-corrected chi connectivity index (χ2v) is 11.4. The minimum absolute atomic E-state index is 0.0263. The SMILES string of the molecule is CCCCC(N)C(=O)N1CCc2nc(N3CCC(Oc4ccc(SN(C)C)cc4)CC3)nc(NC)c2C1. The van der Waals surface area contributed by atoms with E-state index in [1.165, 1.54) is 4.90 Å². The quantitative estimate of drug-likeness (QED) is 0.450. The van der Waals surface area contributed by atoms with Gasteiger partial charge >= 0.3 is 0 Å². The number of nitrogens with two attached hydrogens (primary N) is 1. The molecule has 1 amide bonds. The molecule has 0 spiro atoms. The second-order valence-electron chi connectivity index (χ2n) is 9.99. The molecule has 2 aliphatic rings. The minimum Gasteiger partial charge on any atom is -0.490 e. The van der Waals surface area contributed by atoms with Gasteiger partial charge in [-0.1, -0.05) is 19.8 Å². The Morgan fingerprint density at radius 1 is 1.22 bits per heavy atom. The third-order valence-corrected chi connectivity index (χ3v) is 7.77. The normalized spacial score (nSPS) is 17.0. The molecule has 2 aliphatic heterocycles. The molecule has 1 saturated heterocycles. The summed E-state index contributed by atoms with van der Waals surface area (Å²) in [7, 11) is 5.95. The maximum Gasteiger partial charge on any atom is 0.239 e. The van der Waals surface area contributed by atoms with Gasteiger partial charge in [0.2, 0.25) is 11.9 Å². The summed E-state index contributed by atoms with van der Waals surface area (Å²) in [6, 6.07) is 7.87. The van der Waals surface area contributed by atoms with E-state index in [4.69, 9.17) is 20.4 Å². The van der Waals surface area contributed by atoms with Crippen molar-refractivity contribution in [2.45, 2.75) is 69.0 Å². The Morgan fingerprint density at radius 3 is 2.59 bits per heavy atom. The predicted molar refractivity (Wildman–Crippen MR) is 150 cm³/mol. The molecule has 0 aliphatic carbocycles. The highest BCUT2D eigenvalue weighted by molar-refractivity contribution is 7.97. The van der Waals surface area contributed by atoms with Crippen LogP contribution in [0.2, 0.25) is 0 Å².